The van der Waals surface area contributed by atoms with Crippen LogP contribution in [0.25, 0.3) is 21.7 Å². The molecule has 3 rings (SSSR count). The van der Waals surface area contributed by atoms with Crippen LogP contribution in [0.4, 0.5) is 5.82 Å². The lowest BCUT2D eigenvalue weighted by Crippen LogP contribution is -1.97. The van der Waals surface area contributed by atoms with Crippen molar-refractivity contribution < 1.29 is 0 Å². The van der Waals surface area contributed by atoms with Crippen LogP contribution in [0.1, 0.15) is 5.56 Å². The van der Waals surface area contributed by atoms with E-state index in [0.717, 1.165) is 36.8 Å². The Morgan fingerprint density at radius 1 is 1.29 bits per heavy atom. The van der Waals surface area contributed by atoms with Gasteiger partial charge in [0, 0.05) is 11.5 Å². The second-order valence-corrected chi connectivity index (χ2v) is 6.97. The lowest BCUT2D eigenvalue weighted by molar-refractivity contribution is 0.783. The standard InChI is InChI=1S/C15H13BrClN3S/c1-8-7-21-14(12(8)17)13-11(15(18)20(2)19-13)9-3-5-10(16)6-4-9/h3-7H,18H2,1-2H3. The zero-order valence-corrected chi connectivity index (χ0v) is 14.7. The van der Waals surface area contributed by atoms with Crippen LogP contribution in [-0.2, 0) is 7.05 Å². The summed E-state index contributed by atoms with van der Waals surface area (Å²) in [6.45, 7) is 1.99. The Kier molecular flexibility index (Phi) is 3.82. The highest BCUT2D eigenvalue weighted by atomic mass is 79.9. The molecule has 3 aromatic rings. The van der Waals surface area contributed by atoms with Crippen molar-refractivity contribution in [3.63, 3.8) is 0 Å². The highest BCUT2D eigenvalue weighted by molar-refractivity contribution is 9.10. The van der Waals surface area contributed by atoms with E-state index in [0.29, 0.717) is 5.82 Å². The van der Waals surface area contributed by atoms with Gasteiger partial charge in [0.2, 0.25) is 0 Å². The third kappa shape index (κ3) is 2.50. The van der Waals surface area contributed by atoms with Gasteiger partial charge in [-0.15, -0.1) is 11.3 Å². The van der Waals surface area contributed by atoms with E-state index in [1.807, 2.05) is 43.6 Å². The van der Waals surface area contributed by atoms with Crippen molar-refractivity contribution in [2.75, 3.05) is 5.73 Å². The number of nitrogens with two attached hydrogens (primary N) is 1. The van der Waals surface area contributed by atoms with Crippen molar-refractivity contribution in [2.24, 2.45) is 7.05 Å². The van der Waals surface area contributed by atoms with E-state index in [1.165, 1.54) is 0 Å². The fraction of sp³-hybridized carbons (Fsp3) is 0.133. The molecule has 2 N–H and O–H groups in total. The number of aryl methyl sites for hydroxylation is 2. The lowest BCUT2D eigenvalue weighted by Gasteiger charge is -2.04. The summed E-state index contributed by atoms with van der Waals surface area (Å²) in [6, 6.07) is 8.03. The van der Waals surface area contributed by atoms with Crippen molar-refractivity contribution in [1.82, 2.24) is 9.78 Å². The minimum atomic E-state index is 0.634. The Morgan fingerprint density at radius 2 is 1.95 bits per heavy atom. The number of aromatic nitrogens is 2. The number of hydrogen-bond donors (Lipinski definition) is 1. The average molecular weight is 383 g/mol. The molecular weight excluding hydrogens is 370 g/mol. The Bertz CT molecular complexity index is 805. The highest BCUT2D eigenvalue weighted by Gasteiger charge is 2.21. The first-order chi connectivity index (χ1) is 9.99. The Hall–Kier alpha value is -1.30. The van der Waals surface area contributed by atoms with Crippen LogP contribution in [-0.4, -0.2) is 9.78 Å². The minimum Gasteiger partial charge on any atom is -0.383 e. The van der Waals surface area contributed by atoms with Gasteiger partial charge in [-0.05, 0) is 35.6 Å². The summed E-state index contributed by atoms with van der Waals surface area (Å²) in [6.07, 6.45) is 0. The summed E-state index contributed by atoms with van der Waals surface area (Å²) in [5.74, 6) is 0.634. The molecule has 3 nitrogen and oxygen atoms in total. The molecule has 6 heteroatoms. The third-order valence-electron chi connectivity index (χ3n) is 3.34. The van der Waals surface area contributed by atoms with Crippen LogP contribution < -0.4 is 5.73 Å². The molecule has 0 bridgehead atoms. The quantitative estimate of drug-likeness (QED) is 0.668. The van der Waals surface area contributed by atoms with Gasteiger partial charge >= 0.3 is 0 Å². The van der Waals surface area contributed by atoms with Gasteiger partial charge in [0.05, 0.1) is 15.5 Å². The van der Waals surface area contributed by atoms with E-state index in [-0.39, 0.29) is 0 Å². The van der Waals surface area contributed by atoms with Crippen molar-refractivity contribution in [2.45, 2.75) is 6.92 Å². The lowest BCUT2D eigenvalue weighted by atomic mass is 10.0. The van der Waals surface area contributed by atoms with Gasteiger partial charge in [0.25, 0.3) is 0 Å². The minimum absolute atomic E-state index is 0.634. The smallest absolute Gasteiger partial charge is 0.129 e. The van der Waals surface area contributed by atoms with E-state index < -0.39 is 0 Å². The molecule has 108 valence electrons. The number of benzene rings is 1. The fourth-order valence-corrected chi connectivity index (χ4v) is 3.72. The van der Waals surface area contributed by atoms with Crippen LogP contribution >= 0.6 is 38.9 Å². The van der Waals surface area contributed by atoms with Gasteiger partial charge in [0.1, 0.15) is 11.5 Å². The highest BCUT2D eigenvalue weighted by Crippen LogP contribution is 2.43. The van der Waals surface area contributed by atoms with E-state index >= 15 is 0 Å². The molecule has 0 saturated heterocycles. The number of halogens is 2. The summed E-state index contributed by atoms with van der Waals surface area (Å²) < 4.78 is 2.72. The first kappa shape index (κ1) is 14.6. The van der Waals surface area contributed by atoms with E-state index in [2.05, 4.69) is 21.0 Å². The Morgan fingerprint density at radius 3 is 2.52 bits per heavy atom. The molecule has 0 saturated carbocycles. The predicted octanol–water partition coefficient (Wildman–Crippen LogP) is 5.12. The van der Waals surface area contributed by atoms with Crippen LogP contribution in [0.2, 0.25) is 5.02 Å². The van der Waals surface area contributed by atoms with Crippen LogP contribution in [0.15, 0.2) is 34.1 Å². The number of rotatable bonds is 2. The number of nitrogen functional groups attached to an aromatic ring is 1. The molecular formula is C15H13BrClN3S. The molecule has 1 aromatic carbocycles. The SMILES string of the molecule is Cc1csc(-c2nn(C)c(N)c2-c2ccc(Br)cc2)c1Cl. The number of nitrogens with zero attached hydrogens (tertiary/aromatic N) is 2. The van der Waals surface area contributed by atoms with Gasteiger partial charge in [-0.2, -0.15) is 5.10 Å². The summed E-state index contributed by atoms with van der Waals surface area (Å²) in [7, 11) is 1.84. The maximum Gasteiger partial charge on any atom is 0.129 e. The van der Waals surface area contributed by atoms with E-state index in [9.17, 15) is 0 Å². The summed E-state index contributed by atoms with van der Waals surface area (Å²) in [4.78, 5) is 0.958. The first-order valence-electron chi connectivity index (χ1n) is 6.31. The largest absolute Gasteiger partial charge is 0.383 e. The Balaban J connectivity index is 2.25. The van der Waals surface area contributed by atoms with E-state index in [1.54, 1.807) is 16.0 Å². The number of anilines is 1. The molecule has 0 atom stereocenters. The second-order valence-electron chi connectivity index (χ2n) is 4.80. The molecule has 0 unspecified atom stereocenters. The van der Waals surface area contributed by atoms with Gasteiger partial charge in [-0.3, -0.25) is 4.68 Å². The molecule has 0 fully saturated rings. The molecule has 2 aromatic heterocycles. The molecule has 0 amide bonds. The molecule has 0 aliphatic carbocycles. The monoisotopic (exact) mass is 381 g/mol. The third-order valence-corrected chi connectivity index (χ3v) is 5.57. The van der Waals surface area contributed by atoms with Crippen LogP contribution in [0, 0.1) is 6.92 Å². The average Bonchev–Trinajstić information content (AvgIpc) is 2.93. The van der Waals surface area contributed by atoms with Crippen LogP contribution in [0.5, 0.6) is 0 Å². The summed E-state index contributed by atoms with van der Waals surface area (Å²) in [5, 5.41) is 7.34. The topological polar surface area (TPSA) is 43.8 Å². The number of thiophene rings is 1. The zero-order valence-electron chi connectivity index (χ0n) is 11.5. The van der Waals surface area contributed by atoms with E-state index in [4.69, 9.17) is 17.3 Å². The van der Waals surface area contributed by atoms with Gasteiger partial charge in [-0.25, -0.2) is 0 Å². The summed E-state index contributed by atoms with van der Waals surface area (Å²) in [5.41, 5.74) is 10.1. The normalized spacial score (nSPS) is 11.0. The zero-order chi connectivity index (χ0) is 15.1. The molecule has 21 heavy (non-hydrogen) atoms. The predicted molar refractivity (Wildman–Crippen MR) is 93.8 cm³/mol. The molecule has 0 aliphatic rings. The maximum absolute atomic E-state index is 6.40. The Labute approximate surface area is 140 Å². The van der Waals surface area contributed by atoms with Crippen molar-refractivity contribution in [1.29, 1.82) is 0 Å². The number of hydrogen-bond acceptors (Lipinski definition) is 3. The van der Waals surface area contributed by atoms with Crippen molar-refractivity contribution in [3.05, 3.63) is 44.7 Å². The van der Waals surface area contributed by atoms with Crippen LogP contribution in [0.3, 0.4) is 0 Å². The second kappa shape index (κ2) is 5.48. The van der Waals surface area contributed by atoms with Crippen molar-refractivity contribution in [3.8, 4) is 21.7 Å². The van der Waals surface area contributed by atoms with Gasteiger partial charge < -0.3 is 5.73 Å². The first-order valence-corrected chi connectivity index (χ1v) is 8.36. The molecule has 0 spiro atoms. The molecule has 0 radical (unpaired) electrons. The van der Waals surface area contributed by atoms with Crippen molar-refractivity contribution >= 4 is 44.7 Å². The van der Waals surface area contributed by atoms with Gasteiger partial charge in [-0.1, -0.05) is 39.7 Å². The molecule has 2 heterocycles. The fourth-order valence-electron chi connectivity index (χ4n) is 2.19. The molecule has 0 aliphatic heterocycles. The summed E-state index contributed by atoms with van der Waals surface area (Å²) >= 11 is 11.4. The van der Waals surface area contributed by atoms with Gasteiger partial charge in [0.15, 0.2) is 0 Å². The maximum atomic E-state index is 6.40.